The van der Waals surface area contributed by atoms with E-state index in [1.807, 2.05) is 0 Å². The second kappa shape index (κ2) is 5.39. The number of aryl methyl sites for hydroxylation is 1. The third kappa shape index (κ3) is 3.74. The Bertz CT molecular complexity index is 342. The molecule has 0 unspecified atom stereocenters. The van der Waals surface area contributed by atoms with Crippen molar-refractivity contribution in [3.8, 4) is 0 Å². The van der Waals surface area contributed by atoms with Crippen molar-refractivity contribution in [2.45, 2.75) is 26.9 Å². The fourth-order valence-electron chi connectivity index (χ4n) is 1.10. The minimum Gasteiger partial charge on any atom is -0.340 e. The topological polar surface area (TPSA) is 74.5 Å². The summed E-state index contributed by atoms with van der Waals surface area (Å²) in [7, 11) is -3.11. The van der Waals surface area contributed by atoms with Gasteiger partial charge in [-0.3, -0.25) is 4.57 Å². The van der Waals surface area contributed by atoms with Gasteiger partial charge in [0.1, 0.15) is 6.16 Å². The van der Waals surface area contributed by atoms with Gasteiger partial charge in [-0.05, 0) is 13.8 Å². The Kier molecular flexibility index (Phi) is 4.45. The lowest BCUT2D eigenvalue weighted by Crippen LogP contribution is -2.00. The van der Waals surface area contributed by atoms with Gasteiger partial charge in [0.05, 0.1) is 13.2 Å². The Labute approximate surface area is 88.5 Å². The van der Waals surface area contributed by atoms with E-state index in [1.54, 1.807) is 20.8 Å². The summed E-state index contributed by atoms with van der Waals surface area (Å²) >= 11 is 0. The van der Waals surface area contributed by atoms with Crippen molar-refractivity contribution in [3.63, 3.8) is 0 Å². The molecule has 15 heavy (non-hydrogen) atoms. The van der Waals surface area contributed by atoms with Crippen molar-refractivity contribution in [1.29, 1.82) is 0 Å². The van der Waals surface area contributed by atoms with Gasteiger partial charge >= 0.3 is 7.60 Å². The van der Waals surface area contributed by atoms with Crippen LogP contribution in [-0.2, 0) is 19.8 Å². The second-order valence-corrected chi connectivity index (χ2v) is 4.89. The summed E-state index contributed by atoms with van der Waals surface area (Å²) in [6.45, 7) is 5.84. The molecule has 0 aliphatic carbocycles. The number of hydrogen-bond acceptors (Lipinski definition) is 6. The first-order valence-electron chi connectivity index (χ1n) is 4.77. The van der Waals surface area contributed by atoms with Crippen molar-refractivity contribution >= 4 is 7.60 Å². The monoisotopic (exact) mass is 234 g/mol. The SMILES string of the molecule is CCOP(=O)(Cc1noc(C)n1)OCC. The van der Waals surface area contributed by atoms with Crippen molar-refractivity contribution in [2.75, 3.05) is 13.2 Å². The molecule has 1 rings (SSSR count). The largest absolute Gasteiger partial charge is 0.340 e. The second-order valence-electron chi connectivity index (χ2n) is 2.83. The van der Waals surface area contributed by atoms with Gasteiger partial charge in [-0.2, -0.15) is 4.98 Å². The number of aromatic nitrogens is 2. The maximum atomic E-state index is 12.0. The Morgan fingerprint density at radius 3 is 2.33 bits per heavy atom. The van der Waals surface area contributed by atoms with Crippen molar-refractivity contribution in [1.82, 2.24) is 10.1 Å². The molecule has 0 N–H and O–H groups in total. The van der Waals surface area contributed by atoms with E-state index in [9.17, 15) is 4.57 Å². The van der Waals surface area contributed by atoms with Crippen LogP contribution >= 0.6 is 7.60 Å². The zero-order valence-corrected chi connectivity index (χ0v) is 9.99. The lowest BCUT2D eigenvalue weighted by molar-refractivity contribution is 0.218. The highest BCUT2D eigenvalue weighted by Crippen LogP contribution is 2.50. The summed E-state index contributed by atoms with van der Waals surface area (Å²) in [5.41, 5.74) is 0. The van der Waals surface area contributed by atoms with Crippen LogP contribution in [0.25, 0.3) is 0 Å². The van der Waals surface area contributed by atoms with Crippen LogP contribution < -0.4 is 0 Å². The van der Waals surface area contributed by atoms with Crippen LogP contribution in [0.1, 0.15) is 25.6 Å². The first kappa shape index (κ1) is 12.4. The molecule has 0 bridgehead atoms. The third-order valence-electron chi connectivity index (χ3n) is 1.56. The molecule has 0 fully saturated rings. The summed E-state index contributed by atoms with van der Waals surface area (Å²) in [6, 6.07) is 0. The molecule has 1 heterocycles. The molecular weight excluding hydrogens is 219 g/mol. The summed E-state index contributed by atoms with van der Waals surface area (Å²) < 4.78 is 27.0. The van der Waals surface area contributed by atoms with Crippen molar-refractivity contribution < 1.29 is 18.1 Å². The van der Waals surface area contributed by atoms with Gasteiger partial charge in [-0.15, -0.1) is 0 Å². The molecule has 0 spiro atoms. The van der Waals surface area contributed by atoms with Crippen LogP contribution in [0.2, 0.25) is 0 Å². The molecule has 0 atom stereocenters. The Morgan fingerprint density at radius 2 is 1.93 bits per heavy atom. The van der Waals surface area contributed by atoms with Gasteiger partial charge in [0.2, 0.25) is 5.89 Å². The molecule has 1 aromatic heterocycles. The van der Waals surface area contributed by atoms with Crippen molar-refractivity contribution in [2.24, 2.45) is 0 Å². The van der Waals surface area contributed by atoms with E-state index < -0.39 is 7.60 Å². The van der Waals surface area contributed by atoms with E-state index in [-0.39, 0.29) is 6.16 Å². The third-order valence-corrected chi connectivity index (χ3v) is 3.53. The number of hydrogen-bond donors (Lipinski definition) is 0. The Morgan fingerprint density at radius 1 is 1.33 bits per heavy atom. The first-order chi connectivity index (χ1) is 7.09. The molecule has 1 aromatic rings. The smallest absolute Gasteiger partial charge is 0.338 e. The highest BCUT2D eigenvalue weighted by molar-refractivity contribution is 7.53. The number of nitrogens with zero attached hydrogens (tertiary/aromatic N) is 2. The van der Waals surface area contributed by atoms with Gasteiger partial charge in [0, 0.05) is 6.92 Å². The molecule has 86 valence electrons. The molecule has 0 radical (unpaired) electrons. The molecule has 0 amide bonds. The highest BCUT2D eigenvalue weighted by Gasteiger charge is 2.26. The predicted molar refractivity (Wildman–Crippen MR) is 53.6 cm³/mol. The molecule has 0 saturated carbocycles. The lowest BCUT2D eigenvalue weighted by atomic mass is 10.7. The van der Waals surface area contributed by atoms with E-state index in [4.69, 9.17) is 13.6 Å². The van der Waals surface area contributed by atoms with E-state index in [1.165, 1.54) is 0 Å². The van der Waals surface area contributed by atoms with Crippen LogP contribution in [0.3, 0.4) is 0 Å². The van der Waals surface area contributed by atoms with Gasteiger partial charge < -0.3 is 13.6 Å². The molecule has 6 nitrogen and oxygen atoms in total. The zero-order chi connectivity index (χ0) is 11.3. The summed E-state index contributed by atoms with van der Waals surface area (Å²) in [5.74, 6) is 0.780. The zero-order valence-electron chi connectivity index (χ0n) is 9.10. The molecule has 0 saturated heterocycles. The molecule has 0 aromatic carbocycles. The molecular formula is C8H15N2O4P. The van der Waals surface area contributed by atoms with Crippen molar-refractivity contribution in [3.05, 3.63) is 11.7 Å². The predicted octanol–water partition coefficient (Wildman–Crippen LogP) is 2.14. The summed E-state index contributed by atoms with van der Waals surface area (Å²) in [6.07, 6.45) is 0.0476. The maximum absolute atomic E-state index is 12.0. The van der Waals surface area contributed by atoms with Crippen LogP contribution in [0.4, 0.5) is 0 Å². The standard InChI is InChI=1S/C8H15N2O4P/c1-4-12-15(11,13-5-2)6-8-9-7(3)14-10-8/h4-6H2,1-3H3. The minimum absolute atomic E-state index is 0.0476. The van der Waals surface area contributed by atoms with E-state index in [0.717, 1.165) is 0 Å². The first-order valence-corrected chi connectivity index (χ1v) is 6.49. The van der Waals surface area contributed by atoms with Crippen LogP contribution in [-0.4, -0.2) is 23.4 Å². The Hall–Kier alpha value is -0.710. The average molecular weight is 234 g/mol. The van der Waals surface area contributed by atoms with Gasteiger partial charge in [0.25, 0.3) is 0 Å². The van der Waals surface area contributed by atoms with E-state index >= 15 is 0 Å². The normalized spacial score (nSPS) is 11.9. The molecule has 0 aliphatic heterocycles. The van der Waals surface area contributed by atoms with Gasteiger partial charge in [-0.25, -0.2) is 0 Å². The average Bonchev–Trinajstić information content (AvgIpc) is 2.51. The van der Waals surface area contributed by atoms with Gasteiger partial charge in [-0.1, -0.05) is 5.16 Å². The lowest BCUT2D eigenvalue weighted by Gasteiger charge is -2.14. The number of rotatable bonds is 6. The quantitative estimate of drug-likeness (QED) is 0.702. The maximum Gasteiger partial charge on any atom is 0.338 e. The summed E-state index contributed by atoms with van der Waals surface area (Å²) in [4.78, 5) is 3.95. The highest BCUT2D eigenvalue weighted by atomic mass is 31.2. The van der Waals surface area contributed by atoms with E-state index in [0.29, 0.717) is 24.9 Å². The van der Waals surface area contributed by atoms with Gasteiger partial charge in [0.15, 0.2) is 5.82 Å². The molecule has 7 heteroatoms. The van der Waals surface area contributed by atoms with Crippen LogP contribution in [0.5, 0.6) is 0 Å². The van der Waals surface area contributed by atoms with Crippen LogP contribution in [0.15, 0.2) is 4.52 Å². The van der Waals surface area contributed by atoms with E-state index in [2.05, 4.69) is 10.1 Å². The Balaban J connectivity index is 2.70. The summed E-state index contributed by atoms with van der Waals surface area (Å²) in [5, 5.41) is 3.65. The molecule has 0 aliphatic rings. The minimum atomic E-state index is -3.11. The fraction of sp³-hybridized carbons (Fsp3) is 0.750. The van der Waals surface area contributed by atoms with Crippen LogP contribution in [0, 0.1) is 6.92 Å². The fourth-order valence-corrected chi connectivity index (χ4v) is 2.62.